The predicted octanol–water partition coefficient (Wildman–Crippen LogP) is 0.0359. The van der Waals surface area contributed by atoms with Crippen LogP contribution < -0.4 is 10.3 Å². The first-order valence-electron chi connectivity index (χ1n) is 3.26. The van der Waals surface area contributed by atoms with E-state index in [1.54, 1.807) is 12.3 Å². The highest BCUT2D eigenvalue weighted by Crippen LogP contribution is 2.19. The Balaban J connectivity index is 3.22. The quantitative estimate of drug-likeness (QED) is 0.472. The van der Waals surface area contributed by atoms with Crippen LogP contribution in [0.25, 0.3) is 0 Å². The Labute approximate surface area is 92.3 Å². The molecule has 1 aromatic heterocycles. The average molecular weight is 280 g/mol. The fourth-order valence-corrected chi connectivity index (χ4v) is 1.30. The lowest BCUT2D eigenvalue weighted by molar-refractivity contribution is 1.01. The molecule has 0 saturated heterocycles. The molecule has 0 aliphatic heterocycles. The normalized spacial score (nSPS) is 9.23. The molecular formula is C6H3B2IN4. The van der Waals surface area contributed by atoms with Gasteiger partial charge < -0.3 is 10.3 Å². The second kappa shape index (κ2) is 4.48. The monoisotopic (exact) mass is 280 g/mol. The van der Waals surface area contributed by atoms with Crippen molar-refractivity contribution in [1.29, 1.82) is 5.26 Å². The van der Waals surface area contributed by atoms with Gasteiger partial charge in [0.1, 0.15) is 17.5 Å². The molecule has 0 aliphatic carbocycles. The van der Waals surface area contributed by atoms with E-state index >= 15 is 0 Å². The van der Waals surface area contributed by atoms with Gasteiger partial charge in [-0.3, -0.25) is 0 Å². The van der Waals surface area contributed by atoms with E-state index in [4.69, 9.17) is 21.2 Å². The van der Waals surface area contributed by atoms with Crippen LogP contribution in [0.2, 0.25) is 0 Å². The molecule has 0 aromatic carbocycles. The first-order valence-corrected chi connectivity index (χ1v) is 4.34. The van der Waals surface area contributed by atoms with Gasteiger partial charge in [-0.05, 0) is 28.7 Å². The Kier molecular flexibility index (Phi) is 3.57. The van der Waals surface area contributed by atoms with Crippen molar-refractivity contribution in [3.63, 3.8) is 0 Å². The summed E-state index contributed by atoms with van der Waals surface area (Å²) in [5.74, 6) is 0.303. The highest BCUT2D eigenvalue weighted by atomic mass is 127. The molecule has 60 valence electrons. The van der Waals surface area contributed by atoms with Crippen molar-refractivity contribution in [2.24, 2.45) is 0 Å². The molecule has 7 heteroatoms. The van der Waals surface area contributed by atoms with Gasteiger partial charge in [0, 0.05) is 9.77 Å². The summed E-state index contributed by atoms with van der Waals surface area (Å²) < 4.78 is 0.774. The summed E-state index contributed by atoms with van der Waals surface area (Å²) >= 11 is 2.02. The summed E-state index contributed by atoms with van der Waals surface area (Å²) in [6, 6.07) is 3.71. The fourth-order valence-electron chi connectivity index (χ4n) is 0.775. The van der Waals surface area contributed by atoms with Crippen molar-refractivity contribution in [3.8, 4) is 6.07 Å². The van der Waals surface area contributed by atoms with Crippen LogP contribution in [0, 0.1) is 14.9 Å². The smallest absolute Gasteiger partial charge is 0.254 e. The van der Waals surface area contributed by atoms with Gasteiger partial charge in [0.05, 0.1) is 0 Å². The SMILES string of the molecule is [B]NN([B])c1nccc(I)c1C#N. The van der Waals surface area contributed by atoms with Crippen LogP contribution in [0.3, 0.4) is 0 Å². The minimum absolute atomic E-state index is 0.303. The molecule has 0 aliphatic rings. The van der Waals surface area contributed by atoms with Gasteiger partial charge in [-0.15, -0.1) is 0 Å². The molecular weight excluding hydrogens is 277 g/mol. The van der Waals surface area contributed by atoms with E-state index in [0.717, 1.165) is 8.49 Å². The molecule has 4 radical (unpaired) electrons. The molecule has 0 saturated carbocycles. The maximum Gasteiger partial charge on any atom is 0.254 e. The molecule has 0 atom stereocenters. The summed E-state index contributed by atoms with van der Waals surface area (Å²) in [6.07, 6.45) is 1.55. The van der Waals surface area contributed by atoms with Crippen molar-refractivity contribution in [1.82, 2.24) is 10.3 Å². The third kappa shape index (κ3) is 2.14. The Morgan fingerprint density at radius 2 is 2.38 bits per heavy atom. The van der Waals surface area contributed by atoms with E-state index in [9.17, 15) is 0 Å². The van der Waals surface area contributed by atoms with Crippen molar-refractivity contribution < 1.29 is 0 Å². The molecule has 1 rings (SSSR count). The van der Waals surface area contributed by atoms with E-state index in [-0.39, 0.29) is 0 Å². The number of nitrogens with zero attached hydrogens (tertiary/aromatic N) is 3. The van der Waals surface area contributed by atoms with Gasteiger partial charge in [-0.1, -0.05) is 0 Å². The van der Waals surface area contributed by atoms with Crippen LogP contribution in [0.4, 0.5) is 5.82 Å². The Hall–Kier alpha value is -0.740. The highest BCUT2D eigenvalue weighted by molar-refractivity contribution is 14.1. The fraction of sp³-hybridized carbons (Fsp3) is 0. The number of nitriles is 1. The van der Waals surface area contributed by atoms with Crippen molar-refractivity contribution >= 4 is 44.4 Å². The number of halogens is 1. The Bertz CT molecular complexity index is 351. The van der Waals surface area contributed by atoms with Gasteiger partial charge in [0.15, 0.2) is 0 Å². The third-order valence-electron chi connectivity index (χ3n) is 1.36. The summed E-state index contributed by atoms with van der Waals surface area (Å²) in [4.78, 5) is 4.90. The molecule has 0 amide bonds. The average Bonchev–Trinajstić information content (AvgIpc) is 2.16. The summed E-state index contributed by atoms with van der Waals surface area (Å²) in [5, 5.41) is 11.0. The molecule has 1 aromatic rings. The standard InChI is InChI=1S/C6H3B2IN4/c7-12-13(8)6-4(3-10)5(9)1-2-11-6/h1-2,12H. The van der Waals surface area contributed by atoms with Crippen molar-refractivity contribution in [2.45, 2.75) is 0 Å². The van der Waals surface area contributed by atoms with Gasteiger partial charge in [0.2, 0.25) is 7.98 Å². The van der Waals surface area contributed by atoms with E-state index in [2.05, 4.69) is 10.3 Å². The predicted molar refractivity (Wildman–Crippen MR) is 58.8 cm³/mol. The lowest BCUT2D eigenvalue weighted by atomic mass is 10.2. The van der Waals surface area contributed by atoms with Crippen LogP contribution in [0.1, 0.15) is 5.56 Å². The topological polar surface area (TPSA) is 52.0 Å². The number of anilines is 1. The van der Waals surface area contributed by atoms with Gasteiger partial charge >= 0.3 is 0 Å². The number of pyridine rings is 1. The number of hydrogen-bond donors (Lipinski definition) is 1. The van der Waals surface area contributed by atoms with Crippen molar-refractivity contribution in [2.75, 3.05) is 4.92 Å². The molecule has 0 bridgehead atoms. The molecule has 4 nitrogen and oxygen atoms in total. The first kappa shape index (κ1) is 10.3. The van der Waals surface area contributed by atoms with Gasteiger partial charge in [-0.25, -0.2) is 4.98 Å². The van der Waals surface area contributed by atoms with Gasteiger partial charge in [0.25, 0.3) is 7.98 Å². The lowest BCUT2D eigenvalue weighted by Gasteiger charge is -2.18. The Morgan fingerprint density at radius 3 is 2.92 bits per heavy atom. The second-order valence-corrected chi connectivity index (χ2v) is 3.26. The minimum Gasteiger partial charge on any atom is -0.362 e. The molecule has 0 spiro atoms. The number of aromatic nitrogens is 1. The molecule has 1 heterocycles. The molecule has 13 heavy (non-hydrogen) atoms. The van der Waals surface area contributed by atoms with E-state index in [0.29, 0.717) is 11.4 Å². The van der Waals surface area contributed by atoms with E-state index in [1.165, 1.54) is 0 Å². The molecule has 0 fully saturated rings. The van der Waals surface area contributed by atoms with Crippen LogP contribution in [-0.4, -0.2) is 20.9 Å². The number of rotatable bonds is 2. The van der Waals surface area contributed by atoms with E-state index < -0.39 is 0 Å². The van der Waals surface area contributed by atoms with Crippen LogP contribution in [0.5, 0.6) is 0 Å². The third-order valence-corrected chi connectivity index (χ3v) is 2.26. The minimum atomic E-state index is 0.303. The second-order valence-electron chi connectivity index (χ2n) is 2.10. The zero-order valence-electron chi connectivity index (χ0n) is 6.53. The summed E-state index contributed by atoms with van der Waals surface area (Å²) in [5.41, 5.74) is 0.392. The molecule has 1 N–H and O–H groups in total. The summed E-state index contributed by atoms with van der Waals surface area (Å²) in [7, 11) is 10.5. The van der Waals surface area contributed by atoms with Crippen molar-refractivity contribution in [3.05, 3.63) is 21.4 Å². The highest BCUT2D eigenvalue weighted by Gasteiger charge is 2.09. The lowest BCUT2D eigenvalue weighted by Crippen LogP contribution is -2.34. The maximum atomic E-state index is 8.80. The number of hydrogen-bond acceptors (Lipinski definition) is 4. The van der Waals surface area contributed by atoms with Crippen LogP contribution >= 0.6 is 22.6 Å². The molecule has 0 unspecified atom stereocenters. The van der Waals surface area contributed by atoms with Gasteiger partial charge in [-0.2, -0.15) is 5.26 Å². The van der Waals surface area contributed by atoms with E-state index in [1.807, 2.05) is 28.7 Å². The Morgan fingerprint density at radius 1 is 1.69 bits per heavy atom. The maximum absolute atomic E-state index is 8.80. The van der Waals surface area contributed by atoms with Crippen LogP contribution in [0.15, 0.2) is 12.3 Å². The zero-order valence-corrected chi connectivity index (χ0v) is 8.69. The largest absolute Gasteiger partial charge is 0.362 e. The number of hydrazine groups is 1. The van der Waals surface area contributed by atoms with Crippen LogP contribution in [-0.2, 0) is 0 Å². The summed E-state index contributed by atoms with van der Waals surface area (Å²) in [6.45, 7) is 0. The first-order chi connectivity index (χ1) is 6.20. The number of nitrogens with one attached hydrogen (secondary N) is 1. The zero-order chi connectivity index (χ0) is 9.84.